The predicted octanol–water partition coefficient (Wildman–Crippen LogP) is 3.07. The van der Waals surface area contributed by atoms with Crippen LogP contribution in [0.2, 0.25) is 5.02 Å². The van der Waals surface area contributed by atoms with Crippen molar-refractivity contribution in [3.63, 3.8) is 0 Å². The van der Waals surface area contributed by atoms with Gasteiger partial charge in [-0.1, -0.05) is 23.7 Å². The molecule has 0 spiro atoms. The van der Waals surface area contributed by atoms with Gasteiger partial charge in [0.25, 0.3) is 0 Å². The Morgan fingerprint density at radius 3 is 2.87 bits per heavy atom. The van der Waals surface area contributed by atoms with Crippen molar-refractivity contribution in [2.24, 2.45) is 0 Å². The van der Waals surface area contributed by atoms with Gasteiger partial charge in [0.15, 0.2) is 5.82 Å². The van der Waals surface area contributed by atoms with Crippen LogP contribution in [0.4, 0.5) is 4.79 Å². The lowest BCUT2D eigenvalue weighted by Gasteiger charge is -2.27. The zero-order valence-electron chi connectivity index (χ0n) is 13.7. The van der Waals surface area contributed by atoms with Gasteiger partial charge in [-0.2, -0.15) is 0 Å². The average Bonchev–Trinajstić information content (AvgIpc) is 2.97. The number of halogens is 1. The summed E-state index contributed by atoms with van der Waals surface area (Å²) >= 11 is 6.01. The number of nitrogens with zero attached hydrogens (tertiary/aromatic N) is 4. The molecule has 0 atom stereocenters. The molecule has 1 aromatic carbocycles. The molecule has 0 aliphatic heterocycles. The highest BCUT2D eigenvalue weighted by atomic mass is 35.5. The highest BCUT2D eigenvalue weighted by Crippen LogP contribution is 2.14. The second-order valence-corrected chi connectivity index (χ2v) is 5.98. The number of aromatic nitrogens is 3. The van der Waals surface area contributed by atoms with Crippen molar-refractivity contribution in [2.75, 3.05) is 0 Å². The number of carbonyl (C=O) groups is 1. The van der Waals surface area contributed by atoms with Crippen molar-refractivity contribution in [1.29, 1.82) is 0 Å². The minimum Gasteiger partial charge on any atom is -0.331 e. The number of urea groups is 1. The maximum Gasteiger partial charge on any atom is 0.318 e. The Bertz CT molecular complexity index is 655. The molecule has 0 radical (unpaired) electrons. The molecule has 1 aromatic heterocycles. The third-order valence-corrected chi connectivity index (χ3v) is 3.80. The largest absolute Gasteiger partial charge is 0.331 e. The van der Waals surface area contributed by atoms with Crippen molar-refractivity contribution < 1.29 is 4.79 Å². The van der Waals surface area contributed by atoms with E-state index in [1.807, 2.05) is 49.6 Å². The van der Waals surface area contributed by atoms with E-state index in [1.165, 1.54) is 0 Å². The lowest BCUT2D eigenvalue weighted by molar-refractivity contribution is 0.179. The number of aryl methyl sites for hydroxylation is 1. The van der Waals surface area contributed by atoms with Crippen LogP contribution >= 0.6 is 11.6 Å². The number of nitrogens with one attached hydrogen (secondary N) is 1. The van der Waals surface area contributed by atoms with Gasteiger partial charge >= 0.3 is 6.03 Å². The second-order valence-electron chi connectivity index (χ2n) is 5.54. The Kier molecular flexibility index (Phi) is 5.98. The van der Waals surface area contributed by atoms with Crippen LogP contribution in [0, 0.1) is 0 Å². The van der Waals surface area contributed by atoms with E-state index in [1.54, 1.807) is 11.2 Å². The molecular weight excluding hydrogens is 314 g/mol. The van der Waals surface area contributed by atoms with Crippen molar-refractivity contribution in [3.05, 3.63) is 47.0 Å². The van der Waals surface area contributed by atoms with E-state index in [2.05, 4.69) is 15.5 Å². The molecule has 0 unspecified atom stereocenters. The predicted molar refractivity (Wildman–Crippen MR) is 90.1 cm³/mol. The molecule has 0 saturated carbocycles. The van der Waals surface area contributed by atoms with Crippen LogP contribution in [0.5, 0.6) is 0 Å². The monoisotopic (exact) mass is 335 g/mol. The second kappa shape index (κ2) is 7.97. The summed E-state index contributed by atoms with van der Waals surface area (Å²) in [6.45, 7) is 7.61. The molecule has 2 amide bonds. The maximum absolute atomic E-state index is 12.5. The van der Waals surface area contributed by atoms with Crippen LogP contribution in [0.3, 0.4) is 0 Å². The number of hydrogen-bond acceptors (Lipinski definition) is 3. The van der Waals surface area contributed by atoms with Gasteiger partial charge in [-0.25, -0.2) is 4.79 Å². The molecule has 2 aromatic rings. The molecule has 1 heterocycles. The fraction of sp³-hybridized carbons (Fsp3) is 0.438. The van der Waals surface area contributed by atoms with E-state index in [0.717, 1.165) is 17.9 Å². The quantitative estimate of drug-likeness (QED) is 0.882. The molecule has 7 heteroatoms. The molecular formula is C16H22ClN5O. The average molecular weight is 336 g/mol. The van der Waals surface area contributed by atoms with Gasteiger partial charge < -0.3 is 14.8 Å². The Hall–Kier alpha value is -2.08. The molecule has 23 heavy (non-hydrogen) atoms. The van der Waals surface area contributed by atoms with Crippen LogP contribution in [-0.4, -0.2) is 31.7 Å². The van der Waals surface area contributed by atoms with Gasteiger partial charge in [0.05, 0.1) is 6.54 Å². The number of carbonyl (C=O) groups excluding carboxylic acids is 1. The first kappa shape index (κ1) is 17.3. The first-order chi connectivity index (χ1) is 11.0. The molecule has 0 aliphatic carbocycles. The lowest BCUT2D eigenvalue weighted by Crippen LogP contribution is -2.43. The van der Waals surface area contributed by atoms with E-state index in [0.29, 0.717) is 18.1 Å². The van der Waals surface area contributed by atoms with Crippen LogP contribution in [0.15, 0.2) is 30.6 Å². The van der Waals surface area contributed by atoms with Crippen LogP contribution < -0.4 is 5.32 Å². The normalized spacial score (nSPS) is 10.8. The smallest absolute Gasteiger partial charge is 0.318 e. The van der Waals surface area contributed by atoms with Gasteiger partial charge in [-0.05, 0) is 38.5 Å². The Labute approximate surface area is 141 Å². The zero-order chi connectivity index (χ0) is 16.8. The van der Waals surface area contributed by atoms with E-state index in [4.69, 9.17) is 11.6 Å². The van der Waals surface area contributed by atoms with Crippen molar-refractivity contribution in [2.45, 2.75) is 46.4 Å². The Morgan fingerprint density at radius 2 is 2.22 bits per heavy atom. The highest BCUT2D eigenvalue weighted by molar-refractivity contribution is 6.30. The molecule has 124 valence electrons. The molecule has 0 fully saturated rings. The SMILES string of the molecule is CCn1cnnc1CNC(=O)N(Cc1cccc(Cl)c1)C(C)C. The van der Waals surface area contributed by atoms with Crippen LogP contribution in [0.25, 0.3) is 0 Å². The lowest BCUT2D eigenvalue weighted by atomic mass is 10.2. The molecule has 0 saturated heterocycles. The standard InChI is InChI=1S/C16H22ClN5O/c1-4-21-11-19-20-15(21)9-18-16(23)22(12(2)3)10-13-6-5-7-14(17)8-13/h5-8,11-12H,4,9-10H2,1-3H3,(H,18,23). The number of amides is 2. The Balaban J connectivity index is 2.01. The summed E-state index contributed by atoms with van der Waals surface area (Å²) in [6.07, 6.45) is 1.66. The molecule has 0 bridgehead atoms. The summed E-state index contributed by atoms with van der Waals surface area (Å²) in [5.41, 5.74) is 0.998. The summed E-state index contributed by atoms with van der Waals surface area (Å²) in [5.74, 6) is 0.743. The summed E-state index contributed by atoms with van der Waals surface area (Å²) in [5, 5.41) is 11.5. The van der Waals surface area contributed by atoms with Gasteiger partial charge in [-0.3, -0.25) is 0 Å². The van der Waals surface area contributed by atoms with Crippen LogP contribution in [0.1, 0.15) is 32.2 Å². The fourth-order valence-corrected chi connectivity index (χ4v) is 2.47. The van der Waals surface area contributed by atoms with Gasteiger partial charge in [0.1, 0.15) is 6.33 Å². The van der Waals surface area contributed by atoms with Crippen LogP contribution in [-0.2, 0) is 19.6 Å². The fourth-order valence-electron chi connectivity index (χ4n) is 2.26. The van der Waals surface area contributed by atoms with E-state index in [9.17, 15) is 4.79 Å². The maximum atomic E-state index is 12.5. The number of rotatable bonds is 6. The molecule has 1 N–H and O–H groups in total. The summed E-state index contributed by atoms with van der Waals surface area (Å²) < 4.78 is 1.90. The zero-order valence-corrected chi connectivity index (χ0v) is 14.4. The van der Waals surface area contributed by atoms with E-state index >= 15 is 0 Å². The van der Waals surface area contributed by atoms with Gasteiger partial charge in [0, 0.05) is 24.2 Å². The highest BCUT2D eigenvalue weighted by Gasteiger charge is 2.18. The van der Waals surface area contributed by atoms with Gasteiger partial charge in [0.2, 0.25) is 0 Å². The first-order valence-electron chi connectivity index (χ1n) is 7.66. The molecule has 6 nitrogen and oxygen atoms in total. The van der Waals surface area contributed by atoms with E-state index < -0.39 is 0 Å². The van der Waals surface area contributed by atoms with Crippen molar-refractivity contribution >= 4 is 17.6 Å². The van der Waals surface area contributed by atoms with Gasteiger partial charge in [-0.15, -0.1) is 10.2 Å². The molecule has 2 rings (SSSR count). The van der Waals surface area contributed by atoms with Crippen molar-refractivity contribution in [3.8, 4) is 0 Å². The Morgan fingerprint density at radius 1 is 1.43 bits per heavy atom. The minimum atomic E-state index is -0.134. The van der Waals surface area contributed by atoms with Crippen molar-refractivity contribution in [1.82, 2.24) is 25.0 Å². The number of hydrogen-bond donors (Lipinski definition) is 1. The third-order valence-electron chi connectivity index (χ3n) is 3.56. The topological polar surface area (TPSA) is 63.1 Å². The summed E-state index contributed by atoms with van der Waals surface area (Å²) in [4.78, 5) is 14.3. The third kappa shape index (κ3) is 4.69. The number of benzene rings is 1. The summed E-state index contributed by atoms with van der Waals surface area (Å²) in [7, 11) is 0. The van der Waals surface area contributed by atoms with E-state index in [-0.39, 0.29) is 12.1 Å². The minimum absolute atomic E-state index is 0.0676. The summed E-state index contributed by atoms with van der Waals surface area (Å²) in [6, 6.07) is 7.48. The first-order valence-corrected chi connectivity index (χ1v) is 8.04. The molecule has 0 aliphatic rings.